The van der Waals surface area contributed by atoms with Crippen molar-refractivity contribution in [3.05, 3.63) is 170 Å². The molecule has 8 aromatic carbocycles. The summed E-state index contributed by atoms with van der Waals surface area (Å²) in [7, 11) is 0. The minimum Gasteiger partial charge on any atom is -0.310 e. The highest BCUT2D eigenvalue weighted by atomic mass is 32.1. The molecule has 2 nitrogen and oxygen atoms in total. The molecule has 0 aliphatic carbocycles. The zero-order valence-electron chi connectivity index (χ0n) is 26.9. The molecule has 0 amide bonds. The van der Waals surface area contributed by atoms with Gasteiger partial charge in [0.05, 0.1) is 16.7 Å². The fourth-order valence-electron chi connectivity index (χ4n) is 8.00. The molecule has 0 saturated heterocycles. The molecule has 0 radical (unpaired) electrons. The SMILES string of the molecule is c1ccc(-n2c3ccccc3c3cc(N(c4ccc5c(c4)sc4ccccc45)c4cccc5c4ccc4sc6ccccc6c45)ccc32)cc1. The number of benzene rings is 8. The van der Waals surface area contributed by atoms with Gasteiger partial charge in [0.2, 0.25) is 0 Å². The summed E-state index contributed by atoms with van der Waals surface area (Å²) < 4.78 is 7.65. The van der Waals surface area contributed by atoms with Crippen LogP contribution in [0.25, 0.3) is 78.6 Å². The van der Waals surface area contributed by atoms with Crippen LogP contribution in [0, 0.1) is 0 Å². The van der Waals surface area contributed by atoms with Gasteiger partial charge in [-0.05, 0) is 78.2 Å². The first kappa shape index (κ1) is 28.0. The molecule has 3 aromatic heterocycles. The van der Waals surface area contributed by atoms with Crippen LogP contribution in [-0.2, 0) is 0 Å². The van der Waals surface area contributed by atoms with Crippen molar-refractivity contribution in [2.45, 2.75) is 0 Å². The van der Waals surface area contributed by atoms with Gasteiger partial charge in [-0.1, -0.05) is 97.1 Å². The molecule has 234 valence electrons. The third-order valence-electron chi connectivity index (χ3n) is 10.2. The lowest BCUT2D eigenvalue weighted by Crippen LogP contribution is -2.10. The lowest BCUT2D eigenvalue weighted by molar-refractivity contribution is 1.18. The standard InChI is InChI=1S/C46H28N2S2/c1-2-11-29(12-3-1)48-40-17-7-4-13-32(40)38-27-30(22-25-41(38)48)47(31-21-23-35-34-14-5-8-19-42(34)50-45(35)28-31)39-18-10-16-36-33(39)24-26-44-46(36)37-15-6-9-20-43(37)49-44/h1-28H. The van der Waals surface area contributed by atoms with Gasteiger partial charge in [-0.25, -0.2) is 0 Å². The number of hydrogen-bond donors (Lipinski definition) is 0. The highest BCUT2D eigenvalue weighted by molar-refractivity contribution is 7.26. The molecule has 4 heteroatoms. The number of para-hydroxylation sites is 2. The van der Waals surface area contributed by atoms with Crippen LogP contribution in [0.4, 0.5) is 17.1 Å². The summed E-state index contributed by atoms with van der Waals surface area (Å²) in [6.07, 6.45) is 0. The summed E-state index contributed by atoms with van der Waals surface area (Å²) in [4.78, 5) is 2.47. The van der Waals surface area contributed by atoms with Crippen molar-refractivity contribution in [2.75, 3.05) is 4.90 Å². The van der Waals surface area contributed by atoms with Crippen LogP contribution in [0.1, 0.15) is 0 Å². The Morgan fingerprint density at radius 2 is 0.980 bits per heavy atom. The van der Waals surface area contributed by atoms with Crippen molar-refractivity contribution in [1.29, 1.82) is 0 Å². The monoisotopic (exact) mass is 672 g/mol. The van der Waals surface area contributed by atoms with Gasteiger partial charge < -0.3 is 9.47 Å². The Morgan fingerprint density at radius 3 is 1.86 bits per heavy atom. The third-order valence-corrected chi connectivity index (χ3v) is 12.4. The summed E-state index contributed by atoms with van der Waals surface area (Å²) in [6, 6.07) is 62.5. The molecule has 0 spiro atoms. The van der Waals surface area contributed by atoms with E-state index in [4.69, 9.17) is 0 Å². The molecule has 0 N–H and O–H groups in total. The predicted molar refractivity (Wildman–Crippen MR) is 219 cm³/mol. The fourth-order valence-corrected chi connectivity index (χ4v) is 10.3. The van der Waals surface area contributed by atoms with E-state index in [1.165, 1.54) is 84.3 Å². The van der Waals surface area contributed by atoms with Gasteiger partial charge in [0.15, 0.2) is 0 Å². The molecule has 0 aliphatic rings. The van der Waals surface area contributed by atoms with E-state index in [1.807, 2.05) is 22.7 Å². The molecule has 0 aliphatic heterocycles. The van der Waals surface area contributed by atoms with E-state index < -0.39 is 0 Å². The van der Waals surface area contributed by atoms with Crippen molar-refractivity contribution in [2.24, 2.45) is 0 Å². The second-order valence-corrected chi connectivity index (χ2v) is 15.1. The molecule has 50 heavy (non-hydrogen) atoms. The lowest BCUT2D eigenvalue weighted by atomic mass is 10.0. The predicted octanol–water partition coefficient (Wildman–Crippen LogP) is 14.1. The molecule has 11 aromatic rings. The normalized spacial score (nSPS) is 12.0. The first-order valence-electron chi connectivity index (χ1n) is 16.9. The van der Waals surface area contributed by atoms with Crippen molar-refractivity contribution < 1.29 is 0 Å². The molecule has 0 unspecified atom stereocenters. The maximum atomic E-state index is 2.47. The number of thiophene rings is 2. The first-order valence-corrected chi connectivity index (χ1v) is 18.6. The van der Waals surface area contributed by atoms with Gasteiger partial charge >= 0.3 is 0 Å². The maximum Gasteiger partial charge on any atom is 0.0542 e. The zero-order chi connectivity index (χ0) is 32.8. The van der Waals surface area contributed by atoms with E-state index in [0.717, 1.165) is 11.4 Å². The highest BCUT2D eigenvalue weighted by Crippen LogP contribution is 2.47. The van der Waals surface area contributed by atoms with Crippen LogP contribution < -0.4 is 4.90 Å². The summed E-state index contributed by atoms with van der Waals surface area (Å²) in [5, 5.41) is 10.3. The van der Waals surface area contributed by atoms with E-state index in [-0.39, 0.29) is 0 Å². The minimum atomic E-state index is 1.14. The highest BCUT2D eigenvalue weighted by Gasteiger charge is 2.21. The summed E-state index contributed by atoms with van der Waals surface area (Å²) in [5.41, 5.74) is 7.03. The first-order chi connectivity index (χ1) is 24.8. The van der Waals surface area contributed by atoms with Crippen molar-refractivity contribution in [3.63, 3.8) is 0 Å². The van der Waals surface area contributed by atoms with Gasteiger partial charge in [0.1, 0.15) is 0 Å². The second kappa shape index (κ2) is 10.8. The topological polar surface area (TPSA) is 8.17 Å². The van der Waals surface area contributed by atoms with Crippen LogP contribution in [0.15, 0.2) is 170 Å². The van der Waals surface area contributed by atoms with E-state index in [9.17, 15) is 0 Å². The van der Waals surface area contributed by atoms with Gasteiger partial charge in [-0.15, -0.1) is 22.7 Å². The second-order valence-electron chi connectivity index (χ2n) is 12.9. The Bertz CT molecular complexity index is 3110. The summed E-state index contributed by atoms with van der Waals surface area (Å²) in [6.45, 7) is 0. The van der Waals surface area contributed by atoms with Gasteiger partial charge in [-0.3, -0.25) is 0 Å². The number of fused-ring (bicyclic) bond motifs is 11. The number of nitrogens with zero attached hydrogens (tertiary/aromatic N) is 2. The van der Waals surface area contributed by atoms with Crippen LogP contribution in [0.3, 0.4) is 0 Å². The molecule has 11 rings (SSSR count). The van der Waals surface area contributed by atoms with Gasteiger partial charge in [0.25, 0.3) is 0 Å². The van der Waals surface area contributed by atoms with Crippen LogP contribution in [0.2, 0.25) is 0 Å². The molecule has 3 heterocycles. The van der Waals surface area contributed by atoms with Crippen LogP contribution in [0.5, 0.6) is 0 Å². The van der Waals surface area contributed by atoms with Crippen molar-refractivity contribution in [1.82, 2.24) is 4.57 Å². The molecule has 0 atom stereocenters. The van der Waals surface area contributed by atoms with E-state index >= 15 is 0 Å². The molecular formula is C46H28N2S2. The summed E-state index contributed by atoms with van der Waals surface area (Å²) in [5.74, 6) is 0. The van der Waals surface area contributed by atoms with E-state index in [1.54, 1.807) is 0 Å². The number of anilines is 3. The molecular weight excluding hydrogens is 645 g/mol. The Kier molecular flexibility index (Phi) is 6.03. The fraction of sp³-hybridized carbons (Fsp3) is 0. The Balaban J connectivity index is 1.21. The Morgan fingerprint density at radius 1 is 0.360 bits per heavy atom. The number of aromatic nitrogens is 1. The van der Waals surface area contributed by atoms with Crippen LogP contribution in [-0.4, -0.2) is 4.57 Å². The van der Waals surface area contributed by atoms with E-state index in [2.05, 4.69) is 179 Å². The average molecular weight is 673 g/mol. The lowest BCUT2D eigenvalue weighted by Gasteiger charge is -2.27. The van der Waals surface area contributed by atoms with Gasteiger partial charge in [0, 0.05) is 73.6 Å². The Labute approximate surface area is 296 Å². The van der Waals surface area contributed by atoms with E-state index in [0.29, 0.717) is 0 Å². The largest absolute Gasteiger partial charge is 0.310 e. The maximum absolute atomic E-state index is 2.47. The third kappa shape index (κ3) is 4.07. The quantitative estimate of drug-likeness (QED) is 0.181. The number of rotatable bonds is 4. The number of hydrogen-bond acceptors (Lipinski definition) is 3. The van der Waals surface area contributed by atoms with Crippen LogP contribution >= 0.6 is 22.7 Å². The average Bonchev–Trinajstić information content (AvgIpc) is 3.85. The zero-order valence-corrected chi connectivity index (χ0v) is 28.5. The van der Waals surface area contributed by atoms with Gasteiger partial charge in [-0.2, -0.15) is 0 Å². The summed E-state index contributed by atoms with van der Waals surface area (Å²) >= 11 is 3.74. The van der Waals surface area contributed by atoms with Crippen molar-refractivity contribution >= 4 is 113 Å². The smallest absolute Gasteiger partial charge is 0.0542 e. The molecule has 0 bridgehead atoms. The minimum absolute atomic E-state index is 1.14. The van der Waals surface area contributed by atoms with Crippen molar-refractivity contribution in [3.8, 4) is 5.69 Å². The Hall–Kier alpha value is -5.94. The molecule has 0 fully saturated rings. The molecule has 0 saturated carbocycles.